The van der Waals surface area contributed by atoms with Gasteiger partial charge >= 0.3 is 5.97 Å². The van der Waals surface area contributed by atoms with Gasteiger partial charge in [-0.3, -0.25) is 4.79 Å². The van der Waals surface area contributed by atoms with Gasteiger partial charge in [-0.2, -0.15) is 0 Å². The maximum absolute atomic E-state index is 12.3. The molecule has 2 rings (SSSR count). The Morgan fingerprint density at radius 2 is 2.00 bits per heavy atom. The number of ether oxygens (including phenoxy) is 2. The molecule has 0 aliphatic heterocycles. The number of carbonyl (C=O) groups is 1. The summed E-state index contributed by atoms with van der Waals surface area (Å²) in [6.45, 7) is 2.09. The molecule has 0 amide bonds. The van der Waals surface area contributed by atoms with Gasteiger partial charge in [-0.05, 0) is 44.7 Å². The highest BCUT2D eigenvalue weighted by Crippen LogP contribution is 2.35. The minimum absolute atomic E-state index is 0.0927. The Morgan fingerprint density at radius 1 is 1.35 bits per heavy atom. The number of methoxy groups -OCH3 is 2. The molecule has 1 heterocycles. The first-order chi connectivity index (χ1) is 9.50. The molecule has 0 aromatic carbocycles. The van der Waals surface area contributed by atoms with Crippen molar-refractivity contribution in [3.05, 3.63) is 34.2 Å². The number of esters is 1. The van der Waals surface area contributed by atoms with E-state index in [-0.39, 0.29) is 22.8 Å². The summed E-state index contributed by atoms with van der Waals surface area (Å²) in [5.41, 5.74) is -0.277. The molecule has 110 valence electrons. The van der Waals surface area contributed by atoms with Crippen LogP contribution in [-0.2, 0) is 9.47 Å². The maximum atomic E-state index is 12.3. The van der Waals surface area contributed by atoms with E-state index in [0.717, 1.165) is 25.7 Å². The Kier molecular flexibility index (Phi) is 4.28. The molecular weight excluding hydrogens is 258 g/mol. The van der Waals surface area contributed by atoms with Gasteiger partial charge in [0.15, 0.2) is 0 Å². The van der Waals surface area contributed by atoms with Crippen molar-refractivity contribution in [1.29, 1.82) is 0 Å². The monoisotopic (exact) mass is 279 g/mol. The predicted molar refractivity (Wildman–Crippen MR) is 75.0 cm³/mol. The highest BCUT2D eigenvalue weighted by atomic mass is 16.5. The van der Waals surface area contributed by atoms with E-state index in [1.54, 1.807) is 23.9 Å². The van der Waals surface area contributed by atoms with Crippen molar-refractivity contribution in [2.75, 3.05) is 14.2 Å². The molecule has 0 unspecified atom stereocenters. The molecule has 0 radical (unpaired) electrons. The largest absolute Gasteiger partial charge is 0.465 e. The van der Waals surface area contributed by atoms with Crippen molar-refractivity contribution in [3.63, 3.8) is 0 Å². The topological polar surface area (TPSA) is 57.5 Å². The van der Waals surface area contributed by atoms with E-state index >= 15 is 0 Å². The smallest absolute Gasteiger partial charge is 0.343 e. The average Bonchev–Trinajstić information content (AvgIpc) is 2.48. The van der Waals surface area contributed by atoms with E-state index in [2.05, 4.69) is 11.7 Å². The number of nitrogens with zero attached hydrogens (tertiary/aromatic N) is 1. The fourth-order valence-electron chi connectivity index (χ4n) is 2.76. The molecule has 20 heavy (non-hydrogen) atoms. The summed E-state index contributed by atoms with van der Waals surface area (Å²) in [7, 11) is 3.01. The Balaban J connectivity index is 2.23. The maximum Gasteiger partial charge on any atom is 0.343 e. The summed E-state index contributed by atoms with van der Waals surface area (Å²) in [5.74, 6) is -0.582. The van der Waals surface area contributed by atoms with Gasteiger partial charge in [0.25, 0.3) is 5.56 Å². The number of hydrogen-bond donors (Lipinski definition) is 0. The van der Waals surface area contributed by atoms with E-state index < -0.39 is 5.97 Å². The fourth-order valence-corrected chi connectivity index (χ4v) is 2.76. The molecule has 1 aromatic rings. The van der Waals surface area contributed by atoms with Crippen LogP contribution in [0.25, 0.3) is 0 Å². The summed E-state index contributed by atoms with van der Waals surface area (Å²) in [5, 5.41) is 0. The van der Waals surface area contributed by atoms with Crippen molar-refractivity contribution >= 4 is 5.97 Å². The normalized spacial score (nSPS) is 26.2. The van der Waals surface area contributed by atoms with E-state index in [4.69, 9.17) is 4.74 Å². The molecule has 1 aliphatic rings. The molecule has 5 heteroatoms. The van der Waals surface area contributed by atoms with Gasteiger partial charge in [-0.1, -0.05) is 0 Å². The lowest BCUT2D eigenvalue weighted by atomic mass is 9.83. The lowest BCUT2D eigenvalue weighted by Crippen LogP contribution is -2.37. The second-order valence-corrected chi connectivity index (χ2v) is 5.51. The Morgan fingerprint density at radius 3 is 2.55 bits per heavy atom. The van der Waals surface area contributed by atoms with Crippen LogP contribution in [-0.4, -0.2) is 30.4 Å². The third-order valence-electron chi connectivity index (χ3n) is 4.28. The lowest BCUT2D eigenvalue weighted by molar-refractivity contribution is -0.0325. The number of carbonyl (C=O) groups excluding carboxylic acids is 1. The van der Waals surface area contributed by atoms with Crippen LogP contribution in [0.15, 0.2) is 23.1 Å². The first kappa shape index (κ1) is 14.8. The van der Waals surface area contributed by atoms with E-state index in [9.17, 15) is 9.59 Å². The third kappa shape index (κ3) is 2.77. The molecule has 1 aliphatic carbocycles. The van der Waals surface area contributed by atoms with Gasteiger partial charge in [-0.25, -0.2) is 4.79 Å². The summed E-state index contributed by atoms with van der Waals surface area (Å²) in [4.78, 5) is 23.9. The predicted octanol–water partition coefficient (Wildman–Crippen LogP) is 2.16. The second-order valence-electron chi connectivity index (χ2n) is 5.51. The van der Waals surface area contributed by atoms with E-state index in [0.29, 0.717) is 0 Å². The zero-order chi connectivity index (χ0) is 14.8. The second kappa shape index (κ2) is 5.79. The van der Waals surface area contributed by atoms with Crippen LogP contribution < -0.4 is 5.56 Å². The van der Waals surface area contributed by atoms with Gasteiger partial charge in [0, 0.05) is 19.3 Å². The molecule has 0 N–H and O–H groups in total. The summed E-state index contributed by atoms with van der Waals surface area (Å²) < 4.78 is 11.8. The number of rotatable bonds is 3. The van der Waals surface area contributed by atoms with E-state index in [1.165, 1.54) is 13.2 Å². The quantitative estimate of drug-likeness (QED) is 0.796. The van der Waals surface area contributed by atoms with Gasteiger partial charge in [0.1, 0.15) is 5.56 Å². The molecule has 1 aromatic heterocycles. The molecule has 0 bridgehead atoms. The summed E-state index contributed by atoms with van der Waals surface area (Å²) in [6.07, 6.45) is 5.30. The van der Waals surface area contributed by atoms with Crippen molar-refractivity contribution < 1.29 is 14.3 Å². The SMILES string of the molecule is COC(=O)c1cccn([C@H]2CC[C@@](C)(OC)CC2)c1=O. The van der Waals surface area contributed by atoms with Crippen molar-refractivity contribution in [2.45, 2.75) is 44.2 Å². The van der Waals surface area contributed by atoms with Gasteiger partial charge in [-0.15, -0.1) is 0 Å². The molecule has 0 atom stereocenters. The van der Waals surface area contributed by atoms with Crippen LogP contribution >= 0.6 is 0 Å². The zero-order valence-corrected chi connectivity index (χ0v) is 12.2. The van der Waals surface area contributed by atoms with Crippen LogP contribution in [0.4, 0.5) is 0 Å². The standard InChI is InChI=1S/C15H21NO4/c1-15(20-3)8-6-11(7-9-15)16-10-4-5-12(13(16)17)14(18)19-2/h4-5,10-11H,6-9H2,1-3H3/t11-,15+. The molecular formula is C15H21NO4. The van der Waals surface area contributed by atoms with Crippen LogP contribution in [0.1, 0.15) is 49.0 Å². The molecule has 0 spiro atoms. The number of hydrogen-bond acceptors (Lipinski definition) is 4. The first-order valence-corrected chi connectivity index (χ1v) is 6.85. The molecule has 1 saturated carbocycles. The summed E-state index contributed by atoms with van der Waals surface area (Å²) >= 11 is 0. The van der Waals surface area contributed by atoms with Crippen molar-refractivity contribution in [2.24, 2.45) is 0 Å². The zero-order valence-electron chi connectivity index (χ0n) is 12.2. The van der Waals surface area contributed by atoms with Crippen LogP contribution in [0.5, 0.6) is 0 Å². The highest BCUT2D eigenvalue weighted by Gasteiger charge is 2.32. The van der Waals surface area contributed by atoms with Gasteiger partial charge in [0.2, 0.25) is 0 Å². The molecule has 0 saturated heterocycles. The highest BCUT2D eigenvalue weighted by molar-refractivity contribution is 5.88. The lowest BCUT2D eigenvalue weighted by Gasteiger charge is -2.36. The van der Waals surface area contributed by atoms with Crippen LogP contribution in [0, 0.1) is 0 Å². The molecule has 1 fully saturated rings. The fraction of sp³-hybridized carbons (Fsp3) is 0.600. The number of pyridine rings is 1. The molecule has 5 nitrogen and oxygen atoms in total. The minimum atomic E-state index is -0.582. The Bertz CT molecular complexity index is 541. The Labute approximate surface area is 118 Å². The first-order valence-electron chi connectivity index (χ1n) is 6.85. The number of aromatic nitrogens is 1. The Hall–Kier alpha value is -1.62. The van der Waals surface area contributed by atoms with Crippen molar-refractivity contribution in [3.8, 4) is 0 Å². The van der Waals surface area contributed by atoms with Crippen LogP contribution in [0.2, 0.25) is 0 Å². The summed E-state index contributed by atoms with van der Waals surface area (Å²) in [6, 6.07) is 3.35. The van der Waals surface area contributed by atoms with Gasteiger partial charge < -0.3 is 14.0 Å². The average molecular weight is 279 g/mol. The van der Waals surface area contributed by atoms with E-state index in [1.807, 2.05) is 0 Å². The van der Waals surface area contributed by atoms with Gasteiger partial charge in [0.05, 0.1) is 12.7 Å². The minimum Gasteiger partial charge on any atom is -0.465 e. The van der Waals surface area contributed by atoms with Crippen molar-refractivity contribution in [1.82, 2.24) is 4.57 Å². The van der Waals surface area contributed by atoms with Crippen LogP contribution in [0.3, 0.4) is 0 Å². The third-order valence-corrected chi connectivity index (χ3v) is 4.28.